The van der Waals surface area contributed by atoms with Crippen LogP contribution in [0.15, 0.2) is 53.0 Å². The molecule has 0 atom stereocenters. The van der Waals surface area contributed by atoms with E-state index >= 15 is 0 Å². The summed E-state index contributed by atoms with van der Waals surface area (Å²) < 4.78 is 11.2. The molecule has 0 radical (unpaired) electrons. The van der Waals surface area contributed by atoms with Crippen molar-refractivity contribution in [3.63, 3.8) is 0 Å². The number of methoxy groups -OCH3 is 1. The Morgan fingerprint density at radius 3 is 2.18 bits per heavy atom. The van der Waals surface area contributed by atoms with Gasteiger partial charge in [-0.2, -0.15) is 0 Å². The fourth-order valence-corrected chi connectivity index (χ4v) is 1.82. The lowest BCUT2D eigenvalue weighted by molar-refractivity contribution is 0.295. The second kappa shape index (κ2) is 5.73. The molecule has 0 unspecified atom stereocenters. The van der Waals surface area contributed by atoms with E-state index in [2.05, 4.69) is 28.1 Å². The van der Waals surface area contributed by atoms with E-state index in [-0.39, 0.29) is 0 Å². The van der Waals surface area contributed by atoms with Crippen molar-refractivity contribution in [2.24, 2.45) is 0 Å². The average molecular weight is 293 g/mol. The molecule has 2 heterocycles. The minimum Gasteiger partial charge on any atom is -0.497 e. The van der Waals surface area contributed by atoms with Gasteiger partial charge in [0.05, 0.1) is 7.11 Å². The number of ether oxygens (including phenoxy) is 2. The largest absolute Gasteiger partial charge is 0.497 e. The molecular formula is C14H13BrO2. The lowest BCUT2D eigenvalue weighted by Crippen LogP contribution is -2.00. The minimum atomic E-state index is 0.766. The molecule has 2 aliphatic rings. The Morgan fingerprint density at radius 1 is 1.12 bits per heavy atom. The molecule has 0 aromatic heterocycles. The molecule has 4 rings (SSSR count). The zero-order chi connectivity index (χ0) is 12.1. The van der Waals surface area contributed by atoms with Crippen LogP contribution in [-0.2, 0) is 6.61 Å². The highest BCUT2D eigenvalue weighted by Gasteiger charge is 2.01. The van der Waals surface area contributed by atoms with Gasteiger partial charge >= 0.3 is 0 Å². The molecule has 0 fully saturated rings. The molecule has 17 heavy (non-hydrogen) atoms. The fraction of sp³-hybridized carbons (Fsp3) is 0.143. The van der Waals surface area contributed by atoms with E-state index in [1.165, 1.54) is 5.56 Å². The van der Waals surface area contributed by atoms with Crippen molar-refractivity contribution in [2.75, 3.05) is 7.11 Å². The second-order valence-electron chi connectivity index (χ2n) is 3.59. The maximum Gasteiger partial charge on any atom is 0.119 e. The van der Waals surface area contributed by atoms with Crippen LogP contribution in [0.4, 0.5) is 0 Å². The summed E-state index contributed by atoms with van der Waals surface area (Å²) >= 11 is 3.32. The summed E-state index contributed by atoms with van der Waals surface area (Å²) in [6, 6.07) is 15.9. The van der Waals surface area contributed by atoms with Crippen molar-refractivity contribution in [1.29, 1.82) is 0 Å². The van der Waals surface area contributed by atoms with Gasteiger partial charge in [0.2, 0.25) is 0 Å². The molecule has 2 aromatic carbocycles. The SMILES string of the molecule is COc1cccc(Br)c1.c1cc2ccc1CO2. The van der Waals surface area contributed by atoms with Crippen molar-refractivity contribution in [3.8, 4) is 11.5 Å². The fourth-order valence-electron chi connectivity index (χ4n) is 1.44. The molecule has 88 valence electrons. The summed E-state index contributed by atoms with van der Waals surface area (Å²) in [6.07, 6.45) is 0. The molecular weight excluding hydrogens is 280 g/mol. The van der Waals surface area contributed by atoms with Crippen LogP contribution in [0.3, 0.4) is 0 Å². The monoisotopic (exact) mass is 292 g/mol. The van der Waals surface area contributed by atoms with Crippen LogP contribution in [0.25, 0.3) is 0 Å². The first-order valence-corrected chi connectivity index (χ1v) is 6.08. The van der Waals surface area contributed by atoms with Gasteiger partial charge in [-0.25, -0.2) is 0 Å². The Bertz CT molecular complexity index is 457. The molecule has 0 spiro atoms. The Kier molecular flexibility index (Phi) is 4.04. The Hall–Kier alpha value is -1.48. The van der Waals surface area contributed by atoms with Crippen LogP contribution >= 0.6 is 15.9 Å². The quantitative estimate of drug-likeness (QED) is 0.790. The van der Waals surface area contributed by atoms with Crippen LogP contribution in [0.1, 0.15) is 5.56 Å². The molecule has 0 aliphatic carbocycles. The Labute approximate surface area is 109 Å². The third-order valence-electron chi connectivity index (χ3n) is 2.36. The van der Waals surface area contributed by atoms with Gasteiger partial charge in [0.15, 0.2) is 0 Å². The van der Waals surface area contributed by atoms with Gasteiger partial charge in [0.25, 0.3) is 0 Å². The van der Waals surface area contributed by atoms with E-state index in [1.54, 1.807) is 7.11 Å². The molecule has 3 heteroatoms. The van der Waals surface area contributed by atoms with Crippen LogP contribution in [0.2, 0.25) is 0 Å². The first kappa shape index (κ1) is 12.0. The number of hydrogen-bond acceptors (Lipinski definition) is 2. The van der Waals surface area contributed by atoms with Crippen LogP contribution in [0, 0.1) is 0 Å². The van der Waals surface area contributed by atoms with Gasteiger partial charge in [-0.05, 0) is 35.9 Å². The van der Waals surface area contributed by atoms with Gasteiger partial charge < -0.3 is 9.47 Å². The van der Waals surface area contributed by atoms with Gasteiger partial charge in [0.1, 0.15) is 18.1 Å². The van der Waals surface area contributed by atoms with E-state index in [4.69, 9.17) is 9.47 Å². The number of hydrogen-bond donors (Lipinski definition) is 0. The number of fused-ring (bicyclic) bond motifs is 3. The van der Waals surface area contributed by atoms with Crippen molar-refractivity contribution in [3.05, 3.63) is 58.6 Å². The summed E-state index contributed by atoms with van der Waals surface area (Å²) in [5.74, 6) is 1.87. The van der Waals surface area contributed by atoms with Gasteiger partial charge in [-0.15, -0.1) is 0 Å². The molecule has 0 N–H and O–H groups in total. The molecule has 2 aromatic rings. The normalized spacial score (nSPS) is 11.2. The number of rotatable bonds is 1. The number of benzene rings is 2. The van der Waals surface area contributed by atoms with Gasteiger partial charge in [-0.1, -0.05) is 34.1 Å². The molecule has 0 amide bonds. The summed E-state index contributed by atoms with van der Waals surface area (Å²) in [6.45, 7) is 0.766. The lowest BCUT2D eigenvalue weighted by Gasteiger charge is -2.11. The summed E-state index contributed by atoms with van der Waals surface area (Å²) in [5.41, 5.74) is 1.26. The Morgan fingerprint density at radius 2 is 1.88 bits per heavy atom. The average Bonchev–Trinajstić information content (AvgIpc) is 2.42. The third-order valence-corrected chi connectivity index (χ3v) is 2.85. The highest BCUT2D eigenvalue weighted by atomic mass is 79.9. The number of halogens is 1. The lowest BCUT2D eigenvalue weighted by atomic mass is 10.2. The molecule has 0 saturated carbocycles. The zero-order valence-corrected chi connectivity index (χ0v) is 11.1. The molecule has 2 aliphatic heterocycles. The predicted molar refractivity (Wildman–Crippen MR) is 71.5 cm³/mol. The van der Waals surface area contributed by atoms with Crippen molar-refractivity contribution >= 4 is 15.9 Å². The molecule has 0 saturated heterocycles. The zero-order valence-electron chi connectivity index (χ0n) is 9.52. The minimum absolute atomic E-state index is 0.766. The van der Waals surface area contributed by atoms with Crippen LogP contribution in [-0.4, -0.2) is 7.11 Å². The van der Waals surface area contributed by atoms with E-state index in [0.29, 0.717) is 0 Å². The molecule has 2 bridgehead atoms. The van der Waals surface area contributed by atoms with Gasteiger partial charge in [0, 0.05) is 4.47 Å². The third kappa shape index (κ3) is 3.49. The predicted octanol–water partition coefficient (Wildman–Crippen LogP) is 4.04. The first-order valence-electron chi connectivity index (χ1n) is 5.29. The van der Waals surface area contributed by atoms with E-state index < -0.39 is 0 Å². The van der Waals surface area contributed by atoms with E-state index in [9.17, 15) is 0 Å². The van der Waals surface area contributed by atoms with Crippen molar-refractivity contribution in [1.82, 2.24) is 0 Å². The van der Waals surface area contributed by atoms with Crippen LogP contribution < -0.4 is 9.47 Å². The highest BCUT2D eigenvalue weighted by molar-refractivity contribution is 9.10. The van der Waals surface area contributed by atoms with Crippen molar-refractivity contribution in [2.45, 2.75) is 6.61 Å². The topological polar surface area (TPSA) is 18.5 Å². The standard InChI is InChI=1S/C7H7BrO.C7H6O/c1-9-7-4-2-3-6(8)5-7;1-3-7-4-2-6(1)5-8-7/h2-5H,1H3;1-4H,5H2. The van der Waals surface area contributed by atoms with Crippen molar-refractivity contribution < 1.29 is 9.47 Å². The molecule has 2 nitrogen and oxygen atoms in total. The summed E-state index contributed by atoms with van der Waals surface area (Å²) in [7, 11) is 1.65. The maximum atomic E-state index is 5.18. The summed E-state index contributed by atoms with van der Waals surface area (Å²) in [5, 5.41) is 0. The van der Waals surface area contributed by atoms with E-state index in [0.717, 1.165) is 22.6 Å². The van der Waals surface area contributed by atoms with E-state index in [1.807, 2.05) is 36.4 Å². The summed E-state index contributed by atoms with van der Waals surface area (Å²) in [4.78, 5) is 0. The first-order chi connectivity index (χ1) is 8.28. The second-order valence-corrected chi connectivity index (χ2v) is 4.51. The van der Waals surface area contributed by atoms with Crippen LogP contribution in [0.5, 0.6) is 11.5 Å². The Balaban J connectivity index is 0.000000127. The maximum absolute atomic E-state index is 5.18. The van der Waals surface area contributed by atoms with Gasteiger partial charge in [-0.3, -0.25) is 0 Å². The smallest absolute Gasteiger partial charge is 0.119 e. The highest BCUT2D eigenvalue weighted by Crippen LogP contribution is 2.19.